The summed E-state index contributed by atoms with van der Waals surface area (Å²) in [4.78, 5) is 24.0. The van der Waals surface area contributed by atoms with Crippen molar-refractivity contribution in [3.63, 3.8) is 0 Å². The zero-order valence-electron chi connectivity index (χ0n) is 35.7. The summed E-state index contributed by atoms with van der Waals surface area (Å²) in [5.41, 5.74) is 1.51. The lowest BCUT2D eigenvalue weighted by atomic mass is 10.1. The quantitative estimate of drug-likeness (QED) is 0.0383. The number of carbonyl (C=O) groups is 1. The number of nitrogens with zero attached hydrogens (tertiary/aromatic N) is 7. The maximum atomic E-state index is 13.7. The third-order valence-corrected chi connectivity index (χ3v) is 12.1. The second-order valence-electron chi connectivity index (χ2n) is 13.9. The Morgan fingerprint density at radius 2 is 1.20 bits per heavy atom. The normalized spacial score (nSPS) is 12.4. The first-order valence-corrected chi connectivity index (χ1v) is 23.5. The molecule has 1 heterocycles. The average molecular weight is 1020 g/mol. The molecule has 69 heavy (non-hydrogen) atoms. The number of amides is 1. The fourth-order valence-corrected chi connectivity index (χ4v) is 8.30. The zero-order chi connectivity index (χ0) is 50.6. The van der Waals surface area contributed by atoms with Gasteiger partial charge in [0.15, 0.2) is 17.1 Å². The highest BCUT2D eigenvalue weighted by Gasteiger charge is 2.26. The van der Waals surface area contributed by atoms with Crippen molar-refractivity contribution in [1.29, 1.82) is 0 Å². The highest BCUT2D eigenvalue weighted by molar-refractivity contribution is 7.86. The third kappa shape index (κ3) is 11.2. The van der Waals surface area contributed by atoms with Gasteiger partial charge in [0, 0.05) is 29.7 Å². The molecule has 0 atom stereocenters. The number of phenolic OH excluding ortho intramolecular Hbond substituents is 1. The zero-order valence-corrected chi connectivity index (χ0v) is 38.1. The van der Waals surface area contributed by atoms with E-state index in [2.05, 4.69) is 35.8 Å². The molecule has 30 heteroatoms. The first kappa shape index (κ1) is 50.7. The number of ether oxygens (including phenoxy) is 4. The van der Waals surface area contributed by atoms with Crippen LogP contribution in [0.25, 0.3) is 16.5 Å². The summed E-state index contributed by atoms with van der Waals surface area (Å²) >= 11 is 0. The molecule has 6 aromatic rings. The largest absolute Gasteiger partial charge is 0.505 e. The number of hydrogen-bond donors (Lipinski definition) is 8. The van der Waals surface area contributed by atoms with E-state index >= 15 is 0 Å². The summed E-state index contributed by atoms with van der Waals surface area (Å²) in [5, 5.41) is 56.4. The lowest BCUT2D eigenvalue weighted by Gasteiger charge is -2.13. The van der Waals surface area contributed by atoms with E-state index in [0.29, 0.717) is 0 Å². The standard InChI is InChI=1S/C39H37N9O18S3/c1-19-12-25(28(64-3)18-31(19)67(54,55)56)43-46-36-35(38(40)52)47-48(39(36)53)21-4-6-23-20(13-21)14-33(69(60,61)62)34(37(23)51)45-44-27-17-29(65-10-8-49)26(16-30(27)66-11-9-50)42-41-24-7-5-22(63-2)15-32(24)68(57,58)59/h4-7,12-18,47,49-51H,8-11H2,1-3H3,(H2,40,52)(H,54,55,56)(H,57,58,59)(H,60,61,62). The number of benzene rings is 5. The van der Waals surface area contributed by atoms with Crippen LogP contribution in [0.2, 0.25) is 0 Å². The van der Waals surface area contributed by atoms with Crippen LogP contribution >= 0.6 is 0 Å². The number of aromatic amines is 1. The van der Waals surface area contributed by atoms with Gasteiger partial charge in [0.05, 0.1) is 33.1 Å². The fraction of sp³-hybridized carbons (Fsp3) is 0.179. The molecule has 0 unspecified atom stereocenters. The van der Waals surface area contributed by atoms with Crippen LogP contribution in [-0.4, -0.2) is 111 Å². The Labute approximate surface area is 389 Å². The van der Waals surface area contributed by atoms with Crippen molar-refractivity contribution in [2.45, 2.75) is 21.6 Å². The van der Waals surface area contributed by atoms with Gasteiger partial charge in [-0.1, -0.05) is 0 Å². The van der Waals surface area contributed by atoms with Crippen molar-refractivity contribution < 1.29 is 78.0 Å². The van der Waals surface area contributed by atoms with Gasteiger partial charge in [0.25, 0.3) is 41.8 Å². The van der Waals surface area contributed by atoms with Crippen LogP contribution in [0.1, 0.15) is 16.1 Å². The lowest BCUT2D eigenvalue weighted by Crippen LogP contribution is -2.14. The van der Waals surface area contributed by atoms with E-state index in [1.807, 2.05) is 0 Å². The lowest BCUT2D eigenvalue weighted by molar-refractivity contribution is 0.0995. The number of rotatable bonds is 19. The first-order valence-electron chi connectivity index (χ1n) is 19.1. The number of aryl methyl sites for hydroxylation is 1. The molecule has 0 spiro atoms. The predicted molar refractivity (Wildman–Crippen MR) is 238 cm³/mol. The molecule has 0 saturated heterocycles. The molecule has 0 saturated carbocycles. The molecule has 0 aliphatic rings. The molecule has 5 aromatic carbocycles. The highest BCUT2D eigenvalue weighted by atomic mass is 32.2. The second kappa shape index (κ2) is 20.3. The number of aliphatic hydroxyl groups is 2. The number of nitrogens with two attached hydrogens (primary N) is 1. The van der Waals surface area contributed by atoms with Gasteiger partial charge in [0.1, 0.15) is 79.3 Å². The molecule has 0 aliphatic carbocycles. The van der Waals surface area contributed by atoms with Crippen molar-refractivity contribution in [2.24, 2.45) is 36.4 Å². The van der Waals surface area contributed by atoms with Crippen LogP contribution in [0, 0.1) is 6.92 Å². The smallest absolute Gasteiger partial charge is 0.299 e. The van der Waals surface area contributed by atoms with Gasteiger partial charge < -0.3 is 40.0 Å². The molecule has 27 nitrogen and oxygen atoms in total. The van der Waals surface area contributed by atoms with Crippen molar-refractivity contribution in [2.75, 3.05) is 40.6 Å². The van der Waals surface area contributed by atoms with Crippen LogP contribution in [0.5, 0.6) is 28.7 Å². The van der Waals surface area contributed by atoms with Crippen molar-refractivity contribution >= 4 is 81.2 Å². The van der Waals surface area contributed by atoms with Crippen LogP contribution in [0.3, 0.4) is 0 Å². The Bertz CT molecular complexity index is 3520. The summed E-state index contributed by atoms with van der Waals surface area (Å²) < 4.78 is 125. The molecular formula is C39H37N9O18S3. The molecule has 0 bridgehead atoms. The Kier molecular flexibility index (Phi) is 14.9. The number of fused-ring (bicyclic) bond motifs is 1. The van der Waals surface area contributed by atoms with Crippen LogP contribution in [0.4, 0.5) is 34.1 Å². The topological polar surface area (TPSA) is 416 Å². The third-order valence-electron chi connectivity index (χ3n) is 9.40. The van der Waals surface area contributed by atoms with Gasteiger partial charge in [-0.25, -0.2) is 4.68 Å². The van der Waals surface area contributed by atoms with Crippen molar-refractivity contribution in [3.05, 3.63) is 88.3 Å². The maximum Gasteiger partial charge on any atom is 0.299 e. The van der Waals surface area contributed by atoms with E-state index in [1.54, 1.807) is 0 Å². The van der Waals surface area contributed by atoms with E-state index < -0.39 is 92.5 Å². The number of primary amides is 1. The van der Waals surface area contributed by atoms with Gasteiger partial charge in [-0.2, -0.15) is 25.3 Å². The minimum Gasteiger partial charge on any atom is -0.505 e. The molecule has 6 rings (SSSR count). The summed E-state index contributed by atoms with van der Waals surface area (Å²) in [7, 11) is -12.3. The Morgan fingerprint density at radius 3 is 1.74 bits per heavy atom. The number of aromatic hydroxyl groups is 1. The second-order valence-corrected chi connectivity index (χ2v) is 18.1. The molecule has 0 aliphatic heterocycles. The highest BCUT2D eigenvalue weighted by Crippen LogP contribution is 2.45. The van der Waals surface area contributed by atoms with Gasteiger partial charge in [0.2, 0.25) is 0 Å². The molecule has 1 aromatic heterocycles. The summed E-state index contributed by atoms with van der Waals surface area (Å²) in [5.74, 6) is -2.58. The predicted octanol–water partition coefficient (Wildman–Crippen LogP) is 5.18. The number of phenols is 1. The molecule has 0 radical (unpaired) electrons. The number of aromatic nitrogens is 2. The van der Waals surface area contributed by atoms with E-state index in [9.17, 15) is 63.8 Å². The minimum atomic E-state index is -5.26. The van der Waals surface area contributed by atoms with Gasteiger partial charge >= 0.3 is 0 Å². The van der Waals surface area contributed by atoms with Crippen molar-refractivity contribution in [1.82, 2.24) is 9.78 Å². The average Bonchev–Trinajstić information content (AvgIpc) is 3.63. The molecule has 0 fully saturated rings. The fourth-order valence-electron chi connectivity index (χ4n) is 6.28. The van der Waals surface area contributed by atoms with Crippen LogP contribution in [0.15, 0.2) is 117 Å². The number of nitrogens with one attached hydrogen (secondary N) is 1. The van der Waals surface area contributed by atoms with E-state index in [-0.39, 0.29) is 81.0 Å². The number of hydrogen-bond acceptors (Lipinski definition) is 21. The van der Waals surface area contributed by atoms with Gasteiger partial charge in [-0.05, 0) is 60.3 Å². The Balaban J connectivity index is 1.44. The van der Waals surface area contributed by atoms with Crippen LogP contribution in [-0.2, 0) is 30.4 Å². The number of methoxy groups -OCH3 is 2. The van der Waals surface area contributed by atoms with Gasteiger partial charge in [-0.3, -0.25) is 28.3 Å². The Morgan fingerprint density at radius 1 is 0.652 bits per heavy atom. The Hall–Kier alpha value is -7.71. The summed E-state index contributed by atoms with van der Waals surface area (Å²) in [6.45, 7) is -0.417. The molecule has 1 amide bonds. The maximum absolute atomic E-state index is 13.7. The molecule has 9 N–H and O–H groups in total. The monoisotopic (exact) mass is 1020 g/mol. The van der Waals surface area contributed by atoms with Gasteiger partial charge in [-0.15, -0.1) is 30.7 Å². The number of azo groups is 3. The SMILES string of the molecule is COc1ccc(N=Nc2cc(OCCO)c(N=Nc3c(S(=O)(=O)O)cc4cc(-n5[nH]c(C(N)=O)c(N=Nc6cc(C)c(S(=O)(=O)O)cc6OC)c5=O)ccc4c3O)cc2OCCO)c(S(=O)(=O)O)c1. The van der Waals surface area contributed by atoms with E-state index in [1.165, 1.54) is 57.5 Å². The van der Waals surface area contributed by atoms with Crippen LogP contribution < -0.4 is 30.2 Å². The number of aliphatic hydroxyl groups excluding tert-OH is 2. The minimum absolute atomic E-state index is 0.0269. The number of H-pyrrole nitrogens is 1. The van der Waals surface area contributed by atoms with E-state index in [4.69, 9.17) is 24.7 Å². The summed E-state index contributed by atoms with van der Waals surface area (Å²) in [6, 6.07) is 12.4. The summed E-state index contributed by atoms with van der Waals surface area (Å²) in [6.07, 6.45) is 0. The first-order chi connectivity index (χ1) is 32.5. The molecular weight excluding hydrogens is 979 g/mol. The number of carbonyl (C=O) groups excluding carboxylic acids is 1. The van der Waals surface area contributed by atoms with Crippen molar-refractivity contribution in [3.8, 4) is 34.4 Å². The van der Waals surface area contributed by atoms with E-state index in [0.717, 1.165) is 35.0 Å². The molecule has 364 valence electrons.